The molecular weight excluding hydrogens is 420 g/mol. The highest BCUT2D eigenvalue weighted by Gasteiger charge is 2.29. The largest absolute Gasteiger partial charge is 0.327 e. The van der Waals surface area contributed by atoms with Gasteiger partial charge in [-0.05, 0) is 37.0 Å². The van der Waals surface area contributed by atoms with Crippen LogP contribution in [0.1, 0.15) is 19.8 Å². The highest BCUT2D eigenvalue weighted by molar-refractivity contribution is 9.10. The number of hydrogen-bond donors (Lipinski definition) is 1. The third kappa shape index (κ3) is 4.52. The Morgan fingerprint density at radius 2 is 2.08 bits per heavy atom. The van der Waals surface area contributed by atoms with Crippen LogP contribution in [-0.4, -0.2) is 41.3 Å². The summed E-state index contributed by atoms with van der Waals surface area (Å²) in [6.07, 6.45) is 4.50. The maximum absolute atomic E-state index is 12.7. The van der Waals surface area contributed by atoms with Crippen LogP contribution in [-0.2, 0) is 21.4 Å². The predicted octanol–water partition coefficient (Wildman–Crippen LogP) is 2.70. The van der Waals surface area contributed by atoms with E-state index in [9.17, 15) is 13.2 Å². The average molecular weight is 441 g/mol. The van der Waals surface area contributed by atoms with Crippen LogP contribution in [0.4, 0.5) is 5.69 Å². The van der Waals surface area contributed by atoms with Crippen molar-refractivity contribution in [2.24, 2.45) is 5.92 Å². The zero-order valence-corrected chi connectivity index (χ0v) is 16.8. The third-order valence-corrected chi connectivity index (χ3v) is 6.67. The molecule has 1 saturated heterocycles. The van der Waals surface area contributed by atoms with Gasteiger partial charge in [-0.15, -0.1) is 0 Å². The minimum Gasteiger partial charge on any atom is -0.327 e. The summed E-state index contributed by atoms with van der Waals surface area (Å²) in [7, 11) is -3.60. The van der Waals surface area contributed by atoms with Gasteiger partial charge in [-0.1, -0.05) is 28.9 Å². The number of hydrogen-bond acceptors (Lipinski definition) is 4. The molecule has 1 aliphatic heterocycles. The van der Waals surface area contributed by atoms with Crippen molar-refractivity contribution in [3.63, 3.8) is 0 Å². The number of imidazole rings is 1. The van der Waals surface area contributed by atoms with E-state index in [1.54, 1.807) is 12.1 Å². The second kappa shape index (κ2) is 7.89. The van der Waals surface area contributed by atoms with Crippen LogP contribution in [0.25, 0.3) is 0 Å². The lowest BCUT2D eigenvalue weighted by atomic mass is 10.0. The Morgan fingerprint density at radius 1 is 1.35 bits per heavy atom. The van der Waals surface area contributed by atoms with Crippen LogP contribution in [0.15, 0.2) is 46.3 Å². The number of nitrogens with zero attached hydrogens (tertiary/aromatic N) is 3. The lowest BCUT2D eigenvalue weighted by molar-refractivity contribution is -0.116. The van der Waals surface area contributed by atoms with Crippen molar-refractivity contribution in [1.82, 2.24) is 13.9 Å². The Labute approximate surface area is 161 Å². The van der Waals surface area contributed by atoms with Gasteiger partial charge in [-0.25, -0.2) is 13.4 Å². The number of aromatic nitrogens is 2. The van der Waals surface area contributed by atoms with Gasteiger partial charge in [0.15, 0.2) is 5.03 Å². The number of piperidine rings is 1. The van der Waals surface area contributed by atoms with Crippen molar-refractivity contribution in [2.75, 3.05) is 18.4 Å². The van der Waals surface area contributed by atoms with E-state index in [0.29, 0.717) is 24.7 Å². The van der Waals surface area contributed by atoms with Gasteiger partial charge >= 0.3 is 0 Å². The topological polar surface area (TPSA) is 84.3 Å². The van der Waals surface area contributed by atoms with Gasteiger partial charge < -0.3 is 9.88 Å². The number of halogens is 1. The highest BCUT2D eigenvalue weighted by Crippen LogP contribution is 2.22. The van der Waals surface area contributed by atoms with Crippen molar-refractivity contribution in [1.29, 1.82) is 0 Å². The summed E-state index contributed by atoms with van der Waals surface area (Å²) in [5.41, 5.74) is 0.666. The number of amides is 1. The monoisotopic (exact) mass is 440 g/mol. The predicted molar refractivity (Wildman–Crippen MR) is 102 cm³/mol. The fourth-order valence-electron chi connectivity index (χ4n) is 2.85. The summed E-state index contributed by atoms with van der Waals surface area (Å²) >= 11 is 3.35. The quantitative estimate of drug-likeness (QED) is 0.774. The Kier molecular flexibility index (Phi) is 5.79. The number of nitrogens with one attached hydrogen (secondary N) is 1. The van der Waals surface area contributed by atoms with Crippen molar-refractivity contribution in [2.45, 2.75) is 31.3 Å². The zero-order chi connectivity index (χ0) is 18.7. The molecular formula is C17H21BrN4O3S. The molecule has 0 bridgehead atoms. The molecule has 2 aromatic rings. The zero-order valence-electron chi connectivity index (χ0n) is 14.4. The second-order valence-corrected chi connectivity index (χ2v) is 9.33. The molecule has 1 aromatic heterocycles. The second-order valence-electron chi connectivity index (χ2n) is 6.53. The molecule has 1 aromatic carbocycles. The molecule has 2 heterocycles. The van der Waals surface area contributed by atoms with Gasteiger partial charge in [-0.3, -0.25) is 4.79 Å². The summed E-state index contributed by atoms with van der Waals surface area (Å²) in [6, 6.07) is 7.26. The van der Waals surface area contributed by atoms with Crippen LogP contribution in [0.5, 0.6) is 0 Å². The Morgan fingerprint density at radius 3 is 2.77 bits per heavy atom. The number of anilines is 1. The summed E-state index contributed by atoms with van der Waals surface area (Å²) in [5.74, 6) is 0.289. The average Bonchev–Trinajstić information content (AvgIpc) is 3.04. The van der Waals surface area contributed by atoms with Gasteiger partial charge in [0, 0.05) is 29.4 Å². The van der Waals surface area contributed by atoms with E-state index in [1.165, 1.54) is 21.4 Å². The van der Waals surface area contributed by atoms with Crippen molar-refractivity contribution in [3.8, 4) is 0 Å². The van der Waals surface area contributed by atoms with Crippen LogP contribution >= 0.6 is 15.9 Å². The molecule has 0 aliphatic carbocycles. The SMILES string of the molecule is CC1CCN(S(=O)(=O)c2cn(CC(=O)Nc3cccc(Br)c3)cn2)CC1. The molecule has 0 saturated carbocycles. The molecule has 1 N–H and O–H groups in total. The minimum atomic E-state index is -3.60. The number of benzene rings is 1. The lowest BCUT2D eigenvalue weighted by Crippen LogP contribution is -2.38. The molecule has 9 heteroatoms. The first-order chi connectivity index (χ1) is 12.3. The Balaban J connectivity index is 1.64. The molecule has 0 atom stereocenters. The first-order valence-corrected chi connectivity index (χ1v) is 10.7. The first-order valence-electron chi connectivity index (χ1n) is 8.42. The van der Waals surface area contributed by atoms with Crippen LogP contribution in [0.2, 0.25) is 0 Å². The number of carbonyl (C=O) groups excluding carboxylic acids is 1. The van der Waals surface area contributed by atoms with Crippen molar-refractivity contribution < 1.29 is 13.2 Å². The standard InChI is InChI=1S/C17H21BrN4O3S/c1-13-5-7-22(8-6-13)26(24,25)17-11-21(12-19-17)10-16(23)20-15-4-2-3-14(18)9-15/h2-4,9,11-13H,5-8,10H2,1H3,(H,20,23). The van der Waals surface area contributed by atoms with Crippen LogP contribution in [0.3, 0.4) is 0 Å². The van der Waals surface area contributed by atoms with Gasteiger partial charge in [0.25, 0.3) is 10.0 Å². The Hall–Kier alpha value is -1.71. The molecule has 0 radical (unpaired) electrons. The molecule has 1 fully saturated rings. The molecule has 140 valence electrons. The summed E-state index contributed by atoms with van der Waals surface area (Å²) in [4.78, 5) is 16.2. The summed E-state index contributed by atoms with van der Waals surface area (Å²) < 4.78 is 29.1. The van der Waals surface area contributed by atoms with Crippen LogP contribution in [0, 0.1) is 5.92 Å². The summed E-state index contributed by atoms with van der Waals surface area (Å²) in [6.45, 7) is 3.15. The minimum absolute atomic E-state index is 0.00787. The number of sulfonamides is 1. The van der Waals surface area contributed by atoms with E-state index in [2.05, 4.69) is 33.2 Å². The van der Waals surface area contributed by atoms with Gasteiger partial charge in [0.1, 0.15) is 6.54 Å². The van der Waals surface area contributed by atoms with E-state index >= 15 is 0 Å². The van der Waals surface area contributed by atoms with Crippen molar-refractivity contribution in [3.05, 3.63) is 41.3 Å². The number of carbonyl (C=O) groups is 1. The summed E-state index contributed by atoms with van der Waals surface area (Å²) in [5, 5.41) is 2.76. The normalized spacial score (nSPS) is 16.5. The van der Waals surface area contributed by atoms with E-state index in [1.807, 2.05) is 12.1 Å². The number of rotatable bonds is 5. The third-order valence-electron chi connectivity index (χ3n) is 4.39. The molecule has 3 rings (SSSR count). The van der Waals surface area contributed by atoms with Gasteiger partial charge in [-0.2, -0.15) is 4.31 Å². The van der Waals surface area contributed by atoms with Gasteiger partial charge in [0.2, 0.25) is 5.91 Å². The maximum atomic E-state index is 12.7. The fourth-order valence-corrected chi connectivity index (χ4v) is 4.65. The molecule has 0 unspecified atom stereocenters. The van der Waals surface area contributed by atoms with E-state index in [4.69, 9.17) is 0 Å². The highest BCUT2D eigenvalue weighted by atomic mass is 79.9. The molecule has 7 nitrogen and oxygen atoms in total. The first kappa shape index (κ1) is 19.1. The Bertz CT molecular complexity index is 889. The molecule has 1 amide bonds. The van der Waals surface area contributed by atoms with Crippen molar-refractivity contribution >= 4 is 37.5 Å². The van der Waals surface area contributed by atoms with E-state index in [-0.39, 0.29) is 17.5 Å². The van der Waals surface area contributed by atoms with E-state index < -0.39 is 10.0 Å². The lowest BCUT2D eigenvalue weighted by Gasteiger charge is -2.28. The van der Waals surface area contributed by atoms with E-state index in [0.717, 1.165) is 17.3 Å². The molecule has 0 spiro atoms. The maximum Gasteiger partial charge on any atom is 0.262 e. The van der Waals surface area contributed by atoms with Gasteiger partial charge in [0.05, 0.1) is 6.33 Å². The molecule has 26 heavy (non-hydrogen) atoms. The molecule has 1 aliphatic rings. The van der Waals surface area contributed by atoms with Crippen LogP contribution < -0.4 is 5.32 Å². The smallest absolute Gasteiger partial charge is 0.262 e. The fraction of sp³-hybridized carbons (Fsp3) is 0.412.